The van der Waals surface area contributed by atoms with Crippen LogP contribution in [0.2, 0.25) is 0 Å². The lowest BCUT2D eigenvalue weighted by molar-refractivity contribution is 0.116. The number of aromatic nitrogens is 3. The molecule has 9 nitrogen and oxygen atoms in total. The van der Waals surface area contributed by atoms with Crippen LogP contribution in [0.25, 0.3) is 10.9 Å². The molecular weight excluding hydrogens is 394 g/mol. The number of fused-ring (bicyclic) bond motifs is 1. The van der Waals surface area contributed by atoms with Crippen LogP contribution in [0.4, 0.5) is 5.69 Å². The van der Waals surface area contributed by atoms with Gasteiger partial charge in [0.15, 0.2) is 0 Å². The molecule has 2 aromatic heterocycles. The van der Waals surface area contributed by atoms with E-state index in [1.165, 1.54) is 23.3 Å². The highest BCUT2D eigenvalue weighted by molar-refractivity contribution is 7.89. The van der Waals surface area contributed by atoms with Gasteiger partial charge in [0.05, 0.1) is 17.1 Å². The van der Waals surface area contributed by atoms with Gasteiger partial charge < -0.3 is 14.2 Å². The van der Waals surface area contributed by atoms with Gasteiger partial charge in [-0.3, -0.25) is 0 Å². The van der Waals surface area contributed by atoms with Crippen molar-refractivity contribution in [2.24, 2.45) is 0 Å². The maximum absolute atomic E-state index is 12.6. The van der Waals surface area contributed by atoms with E-state index >= 15 is 0 Å². The predicted octanol–water partition coefficient (Wildman–Crippen LogP) is 2.06. The molecule has 2 aliphatic rings. The Morgan fingerprint density at radius 2 is 1.93 bits per heavy atom. The van der Waals surface area contributed by atoms with Crippen LogP contribution < -0.4 is 9.64 Å². The molecule has 1 aromatic carbocycles. The van der Waals surface area contributed by atoms with Crippen molar-refractivity contribution in [2.75, 3.05) is 31.1 Å². The second kappa shape index (κ2) is 7.27. The molecule has 29 heavy (non-hydrogen) atoms. The van der Waals surface area contributed by atoms with Crippen LogP contribution in [-0.2, 0) is 10.0 Å². The Kier molecular flexibility index (Phi) is 4.59. The van der Waals surface area contributed by atoms with Crippen molar-refractivity contribution in [2.45, 2.75) is 30.3 Å². The average Bonchev–Trinajstić information content (AvgIpc) is 3.26. The van der Waals surface area contributed by atoms with E-state index in [1.54, 1.807) is 0 Å². The normalized spacial score (nSPS) is 18.7. The summed E-state index contributed by atoms with van der Waals surface area (Å²) in [6.45, 7) is 1.95. The minimum atomic E-state index is -3.57. The SMILES string of the molecule is O=S(=O)(c1cnoc1)N1CCN(c2ccc3ncnc(OC4CCC4)c3c2)CC1. The molecular formula is C19H21N5O4S. The molecule has 3 aromatic rings. The number of benzene rings is 1. The molecule has 1 saturated heterocycles. The summed E-state index contributed by atoms with van der Waals surface area (Å²) in [6.07, 6.45) is 7.49. The van der Waals surface area contributed by atoms with Crippen molar-refractivity contribution in [3.05, 3.63) is 37.0 Å². The highest BCUT2D eigenvalue weighted by Gasteiger charge is 2.30. The van der Waals surface area contributed by atoms with Gasteiger partial charge in [-0.15, -0.1) is 0 Å². The molecule has 0 atom stereocenters. The second-order valence-corrected chi connectivity index (χ2v) is 9.24. The summed E-state index contributed by atoms with van der Waals surface area (Å²) in [6, 6.07) is 6.00. The maximum atomic E-state index is 12.6. The fourth-order valence-corrected chi connectivity index (χ4v) is 4.90. The van der Waals surface area contributed by atoms with Crippen molar-refractivity contribution >= 4 is 26.6 Å². The maximum Gasteiger partial charge on any atom is 0.248 e. The lowest BCUT2D eigenvalue weighted by atomic mass is 9.96. The molecule has 5 rings (SSSR count). The number of rotatable bonds is 5. The first kappa shape index (κ1) is 18.3. The Hall–Kier alpha value is -2.72. The average molecular weight is 415 g/mol. The lowest BCUT2D eigenvalue weighted by Gasteiger charge is -2.35. The molecule has 10 heteroatoms. The Morgan fingerprint density at radius 1 is 1.10 bits per heavy atom. The van der Waals surface area contributed by atoms with Gasteiger partial charge in [0, 0.05) is 31.9 Å². The molecule has 1 aliphatic heterocycles. The molecule has 2 fully saturated rings. The van der Waals surface area contributed by atoms with Gasteiger partial charge in [0.25, 0.3) is 0 Å². The van der Waals surface area contributed by atoms with Gasteiger partial charge in [-0.05, 0) is 37.5 Å². The summed E-state index contributed by atoms with van der Waals surface area (Å²) in [7, 11) is -3.57. The summed E-state index contributed by atoms with van der Waals surface area (Å²) < 4.78 is 37.4. The van der Waals surface area contributed by atoms with Crippen LogP contribution in [0.5, 0.6) is 5.88 Å². The van der Waals surface area contributed by atoms with Crippen molar-refractivity contribution in [3.8, 4) is 5.88 Å². The third kappa shape index (κ3) is 3.42. The number of anilines is 1. The van der Waals surface area contributed by atoms with Crippen molar-refractivity contribution in [1.29, 1.82) is 0 Å². The minimum Gasteiger partial charge on any atom is -0.474 e. The van der Waals surface area contributed by atoms with Gasteiger partial charge in [0.1, 0.15) is 23.6 Å². The van der Waals surface area contributed by atoms with E-state index in [9.17, 15) is 8.42 Å². The molecule has 152 valence electrons. The first-order valence-corrected chi connectivity index (χ1v) is 11.1. The first-order chi connectivity index (χ1) is 14.1. The molecule has 0 radical (unpaired) electrons. The monoisotopic (exact) mass is 415 g/mol. The molecule has 0 spiro atoms. The van der Waals surface area contributed by atoms with Crippen LogP contribution in [0.15, 0.2) is 46.4 Å². The smallest absolute Gasteiger partial charge is 0.248 e. The Bertz CT molecular complexity index is 1110. The van der Waals surface area contributed by atoms with Gasteiger partial charge in [-0.1, -0.05) is 5.16 Å². The quantitative estimate of drug-likeness (QED) is 0.624. The summed E-state index contributed by atoms with van der Waals surface area (Å²) in [5.41, 5.74) is 1.85. The van der Waals surface area contributed by atoms with E-state index in [1.807, 2.05) is 18.2 Å². The molecule has 1 saturated carbocycles. The first-order valence-electron chi connectivity index (χ1n) is 9.67. The molecule has 0 bridgehead atoms. The van der Waals surface area contributed by atoms with Crippen molar-refractivity contribution < 1.29 is 17.7 Å². The van der Waals surface area contributed by atoms with Crippen LogP contribution in [0, 0.1) is 0 Å². The molecule has 1 aliphatic carbocycles. The summed E-state index contributed by atoms with van der Waals surface area (Å²) in [5.74, 6) is 0.621. The van der Waals surface area contributed by atoms with Gasteiger partial charge in [0.2, 0.25) is 15.9 Å². The minimum absolute atomic E-state index is 0.0894. The third-order valence-corrected chi connectivity index (χ3v) is 7.41. The number of hydrogen-bond acceptors (Lipinski definition) is 8. The fraction of sp³-hybridized carbons (Fsp3) is 0.421. The predicted molar refractivity (Wildman–Crippen MR) is 105 cm³/mol. The number of sulfonamides is 1. The highest BCUT2D eigenvalue weighted by Crippen LogP contribution is 2.31. The summed E-state index contributed by atoms with van der Waals surface area (Å²) >= 11 is 0. The van der Waals surface area contributed by atoms with Gasteiger partial charge in [-0.25, -0.2) is 18.4 Å². The van der Waals surface area contributed by atoms with E-state index in [4.69, 9.17) is 4.74 Å². The van der Waals surface area contributed by atoms with Gasteiger partial charge >= 0.3 is 0 Å². The number of ether oxygens (including phenoxy) is 1. The number of hydrogen-bond donors (Lipinski definition) is 0. The largest absolute Gasteiger partial charge is 0.474 e. The zero-order chi connectivity index (χ0) is 19.8. The topological polar surface area (TPSA) is 102 Å². The van der Waals surface area contributed by atoms with E-state index in [0.29, 0.717) is 32.1 Å². The zero-order valence-electron chi connectivity index (χ0n) is 15.8. The second-order valence-electron chi connectivity index (χ2n) is 7.30. The Morgan fingerprint density at radius 3 is 2.62 bits per heavy atom. The molecule has 0 N–H and O–H groups in total. The fourth-order valence-electron chi connectivity index (χ4n) is 3.62. The van der Waals surface area contributed by atoms with E-state index in [-0.39, 0.29) is 11.0 Å². The summed E-state index contributed by atoms with van der Waals surface area (Å²) in [4.78, 5) is 10.9. The van der Waals surface area contributed by atoms with E-state index in [0.717, 1.165) is 35.7 Å². The van der Waals surface area contributed by atoms with Crippen LogP contribution >= 0.6 is 0 Å². The van der Waals surface area contributed by atoms with Crippen LogP contribution in [0.3, 0.4) is 0 Å². The Labute approximate surface area is 168 Å². The molecule has 0 amide bonds. The third-order valence-electron chi connectivity index (χ3n) is 5.56. The van der Waals surface area contributed by atoms with E-state index in [2.05, 4.69) is 24.5 Å². The van der Waals surface area contributed by atoms with Crippen LogP contribution in [0.1, 0.15) is 19.3 Å². The lowest BCUT2D eigenvalue weighted by Crippen LogP contribution is -2.48. The Balaban J connectivity index is 1.34. The highest BCUT2D eigenvalue weighted by atomic mass is 32.2. The van der Waals surface area contributed by atoms with Crippen molar-refractivity contribution in [1.82, 2.24) is 19.4 Å². The number of nitrogens with zero attached hydrogens (tertiary/aromatic N) is 5. The zero-order valence-corrected chi connectivity index (χ0v) is 16.6. The van der Waals surface area contributed by atoms with Gasteiger partial charge in [-0.2, -0.15) is 4.31 Å². The van der Waals surface area contributed by atoms with E-state index < -0.39 is 10.0 Å². The number of piperazine rings is 1. The molecule has 0 unspecified atom stereocenters. The molecule has 3 heterocycles. The van der Waals surface area contributed by atoms with Crippen LogP contribution in [-0.4, -0.2) is 60.1 Å². The van der Waals surface area contributed by atoms with Crippen molar-refractivity contribution in [3.63, 3.8) is 0 Å². The standard InChI is InChI=1S/C19H21N5O4S/c25-29(26,16-11-22-27-12-16)24-8-6-23(7-9-24)14-4-5-18-17(10-14)19(21-13-20-18)28-15-2-1-3-15/h4-5,10-13,15H,1-3,6-9H2. The summed E-state index contributed by atoms with van der Waals surface area (Å²) in [5, 5.41) is 4.38.